The van der Waals surface area contributed by atoms with Gasteiger partial charge in [0.1, 0.15) is 22.5 Å². The van der Waals surface area contributed by atoms with Gasteiger partial charge in [-0.05, 0) is 48.6 Å². The number of hydrogen-bond donors (Lipinski definition) is 2. The number of nitrogens with two attached hydrogens (primary N) is 1. The van der Waals surface area contributed by atoms with Crippen LogP contribution in [0.2, 0.25) is 0 Å². The van der Waals surface area contributed by atoms with Crippen LogP contribution in [0.25, 0.3) is 0 Å². The molecule has 2 aromatic carbocycles. The monoisotopic (exact) mass is 456 g/mol. The molecule has 6 nitrogen and oxygen atoms in total. The number of hydrogen-bond acceptors (Lipinski definition) is 4. The van der Waals surface area contributed by atoms with Gasteiger partial charge in [-0.1, -0.05) is 25.0 Å². The molecule has 3 rings (SSSR count). The lowest BCUT2D eigenvalue weighted by Crippen LogP contribution is -2.31. The Morgan fingerprint density at radius 2 is 1.90 bits per heavy atom. The zero-order valence-electron chi connectivity index (χ0n) is 16.8. The Balaban J connectivity index is 1.84. The average molecular weight is 456 g/mol. The summed E-state index contributed by atoms with van der Waals surface area (Å²) >= 11 is 0. The molecule has 0 spiro atoms. The third-order valence-corrected chi connectivity index (χ3v) is 5.99. The number of benzene rings is 2. The highest BCUT2D eigenvalue weighted by molar-refractivity contribution is 7.82. The molecule has 1 aliphatic carbocycles. The van der Waals surface area contributed by atoms with Crippen molar-refractivity contribution in [2.75, 3.05) is 12.4 Å². The average Bonchev–Trinajstić information content (AvgIpc) is 2.72. The first kappa shape index (κ1) is 23.1. The summed E-state index contributed by atoms with van der Waals surface area (Å²) in [5.41, 5.74) is 1.14. The first-order chi connectivity index (χ1) is 14.7. The molecule has 2 aromatic rings. The highest BCUT2D eigenvalue weighted by atomic mass is 32.2. The van der Waals surface area contributed by atoms with Crippen molar-refractivity contribution in [2.24, 2.45) is 11.1 Å². The maximum absolute atomic E-state index is 13.1. The lowest BCUT2D eigenvalue weighted by Gasteiger charge is -2.32. The molecule has 0 radical (unpaired) electrons. The molecule has 0 heterocycles. The van der Waals surface area contributed by atoms with Gasteiger partial charge in [0.25, 0.3) is 0 Å². The van der Waals surface area contributed by atoms with Crippen molar-refractivity contribution in [3.63, 3.8) is 0 Å². The molecule has 10 heteroatoms. The smallest absolute Gasteiger partial charge is 0.496 e. The van der Waals surface area contributed by atoms with Crippen LogP contribution in [-0.2, 0) is 15.8 Å². The predicted octanol–water partition coefficient (Wildman–Crippen LogP) is 4.49. The highest BCUT2D eigenvalue weighted by Crippen LogP contribution is 2.43. The third kappa shape index (κ3) is 5.98. The topological polar surface area (TPSA) is 90.7 Å². The van der Waals surface area contributed by atoms with Crippen molar-refractivity contribution in [1.29, 1.82) is 0 Å². The van der Waals surface area contributed by atoms with E-state index >= 15 is 0 Å². The summed E-state index contributed by atoms with van der Waals surface area (Å²) in [6.45, 7) is 0. The summed E-state index contributed by atoms with van der Waals surface area (Å²) < 4.78 is 58.4. The first-order valence-electron chi connectivity index (χ1n) is 9.68. The van der Waals surface area contributed by atoms with Crippen LogP contribution >= 0.6 is 0 Å². The number of carbonyl (C=O) groups excluding carboxylic acids is 1. The normalized spacial score (nSPS) is 20.0. The van der Waals surface area contributed by atoms with E-state index in [0.717, 1.165) is 12.8 Å². The number of alkyl halides is 3. The van der Waals surface area contributed by atoms with Crippen LogP contribution in [0, 0.1) is 5.92 Å². The molecule has 1 aliphatic rings. The van der Waals surface area contributed by atoms with Gasteiger partial charge < -0.3 is 14.8 Å². The van der Waals surface area contributed by atoms with Crippen LogP contribution in [0.1, 0.15) is 37.2 Å². The minimum absolute atomic E-state index is 0.220. The molecule has 0 aromatic heterocycles. The molecule has 0 aliphatic heterocycles. The molecule has 1 amide bonds. The van der Waals surface area contributed by atoms with E-state index < -0.39 is 23.3 Å². The van der Waals surface area contributed by atoms with Gasteiger partial charge in [0, 0.05) is 17.7 Å². The SMILES string of the molecule is COc1cc(OC(F)(F)F)ccc1C1CCCCC1C(=O)Nc1cccc(S(N)=O)c1. The maximum atomic E-state index is 13.1. The molecular formula is C21H23F3N2O4S. The Labute approximate surface area is 180 Å². The van der Waals surface area contributed by atoms with Gasteiger partial charge >= 0.3 is 6.36 Å². The van der Waals surface area contributed by atoms with E-state index in [1.165, 1.54) is 25.3 Å². The van der Waals surface area contributed by atoms with Crippen LogP contribution in [0.3, 0.4) is 0 Å². The minimum atomic E-state index is -4.80. The van der Waals surface area contributed by atoms with Gasteiger partial charge in [0.05, 0.1) is 12.0 Å². The first-order valence-corrected chi connectivity index (χ1v) is 10.9. The van der Waals surface area contributed by atoms with Gasteiger partial charge in [0.15, 0.2) is 0 Å². The molecule has 1 saturated carbocycles. The van der Waals surface area contributed by atoms with E-state index in [0.29, 0.717) is 29.0 Å². The van der Waals surface area contributed by atoms with Gasteiger partial charge in [0.2, 0.25) is 5.91 Å². The van der Waals surface area contributed by atoms with Gasteiger partial charge in [-0.25, -0.2) is 9.35 Å². The van der Waals surface area contributed by atoms with Crippen molar-refractivity contribution in [2.45, 2.75) is 42.9 Å². The largest absolute Gasteiger partial charge is 0.573 e. The van der Waals surface area contributed by atoms with E-state index in [4.69, 9.17) is 9.88 Å². The van der Waals surface area contributed by atoms with Gasteiger partial charge in [-0.3, -0.25) is 4.79 Å². The minimum Gasteiger partial charge on any atom is -0.496 e. The number of anilines is 1. The quantitative estimate of drug-likeness (QED) is 0.670. The third-order valence-electron chi connectivity index (χ3n) is 5.27. The van der Waals surface area contributed by atoms with Crippen LogP contribution in [-0.4, -0.2) is 23.6 Å². The number of halogens is 3. The number of methoxy groups -OCH3 is 1. The Morgan fingerprint density at radius 1 is 1.16 bits per heavy atom. The van der Waals surface area contributed by atoms with Crippen LogP contribution < -0.4 is 19.9 Å². The van der Waals surface area contributed by atoms with Crippen LogP contribution in [0.15, 0.2) is 47.4 Å². The lowest BCUT2D eigenvalue weighted by molar-refractivity contribution is -0.274. The molecule has 1 fully saturated rings. The second-order valence-corrected chi connectivity index (χ2v) is 8.33. The molecule has 168 valence electrons. The number of rotatable bonds is 6. The van der Waals surface area contributed by atoms with Crippen LogP contribution in [0.5, 0.6) is 11.5 Å². The van der Waals surface area contributed by atoms with Crippen molar-refractivity contribution >= 4 is 22.6 Å². The van der Waals surface area contributed by atoms with E-state index in [9.17, 15) is 22.2 Å². The molecule has 3 atom stereocenters. The molecule has 31 heavy (non-hydrogen) atoms. The van der Waals surface area contributed by atoms with Gasteiger partial charge in [-0.2, -0.15) is 0 Å². The Hall–Kier alpha value is -2.59. The maximum Gasteiger partial charge on any atom is 0.573 e. The fourth-order valence-corrected chi connectivity index (χ4v) is 4.40. The highest BCUT2D eigenvalue weighted by Gasteiger charge is 2.35. The summed E-state index contributed by atoms with van der Waals surface area (Å²) in [6.07, 6.45) is -1.73. The second kappa shape index (κ2) is 9.69. The standard InChI is InChI=1S/C21H23F3N2O4S/c1-29-19-12-14(30-21(22,23)24)9-10-17(19)16-7-2-3-8-18(16)20(27)26-13-5-4-6-15(11-13)31(25)28/h4-6,9-12,16,18H,2-3,7-8,25H2,1H3,(H,26,27). The Bertz CT molecular complexity index is 968. The molecular weight excluding hydrogens is 433 g/mol. The van der Waals surface area contributed by atoms with E-state index in [2.05, 4.69) is 10.1 Å². The van der Waals surface area contributed by atoms with Crippen molar-refractivity contribution in [3.05, 3.63) is 48.0 Å². The van der Waals surface area contributed by atoms with Crippen molar-refractivity contribution in [1.82, 2.24) is 0 Å². The van der Waals surface area contributed by atoms with Crippen molar-refractivity contribution in [3.8, 4) is 11.5 Å². The summed E-state index contributed by atoms with van der Waals surface area (Å²) in [6, 6.07) is 10.4. The molecule has 0 bridgehead atoms. The summed E-state index contributed by atoms with van der Waals surface area (Å²) in [5, 5.41) is 8.25. The van der Waals surface area contributed by atoms with E-state index in [1.54, 1.807) is 24.3 Å². The molecule has 3 unspecified atom stereocenters. The fourth-order valence-electron chi connectivity index (χ4n) is 3.95. The molecule has 0 saturated heterocycles. The molecule has 3 N–H and O–H groups in total. The van der Waals surface area contributed by atoms with Gasteiger partial charge in [-0.15, -0.1) is 13.2 Å². The zero-order chi connectivity index (χ0) is 22.6. The number of nitrogens with one attached hydrogen (secondary N) is 1. The zero-order valence-corrected chi connectivity index (χ0v) is 17.6. The van der Waals surface area contributed by atoms with E-state index in [-0.39, 0.29) is 23.3 Å². The predicted molar refractivity (Wildman–Crippen MR) is 110 cm³/mol. The van der Waals surface area contributed by atoms with Crippen molar-refractivity contribution < 1.29 is 31.6 Å². The van der Waals surface area contributed by atoms with Crippen LogP contribution in [0.4, 0.5) is 18.9 Å². The number of ether oxygens (including phenoxy) is 2. The summed E-state index contributed by atoms with van der Waals surface area (Å²) in [5.74, 6) is -0.981. The Morgan fingerprint density at radius 3 is 2.58 bits per heavy atom. The Kier molecular flexibility index (Phi) is 7.22. The number of amides is 1. The second-order valence-electron chi connectivity index (χ2n) is 7.26. The van der Waals surface area contributed by atoms with E-state index in [1.807, 2.05) is 0 Å². The lowest BCUT2D eigenvalue weighted by atomic mass is 9.74. The fraction of sp³-hybridized carbons (Fsp3) is 0.381. The number of carbonyl (C=O) groups is 1. The summed E-state index contributed by atoms with van der Waals surface area (Å²) in [7, 11) is -0.302. The summed E-state index contributed by atoms with van der Waals surface area (Å²) in [4.78, 5) is 13.4.